The van der Waals surface area contributed by atoms with Gasteiger partial charge in [-0.15, -0.1) is 0 Å². The Balaban J connectivity index is 1.44. The van der Waals surface area contributed by atoms with Crippen molar-refractivity contribution in [2.24, 2.45) is 5.41 Å². The predicted molar refractivity (Wildman–Crippen MR) is 133 cm³/mol. The highest BCUT2D eigenvalue weighted by Gasteiger charge is 2.39. The first-order valence-electron chi connectivity index (χ1n) is 12.2. The fourth-order valence-corrected chi connectivity index (χ4v) is 5.63. The van der Waals surface area contributed by atoms with Crippen LogP contribution in [0.1, 0.15) is 118 Å². The van der Waals surface area contributed by atoms with Gasteiger partial charge in [0, 0.05) is 3.42 Å². The van der Waals surface area contributed by atoms with E-state index in [2.05, 4.69) is 56.4 Å². The first kappa shape index (κ1) is 22.6. The maximum atomic E-state index is 2.70. The topological polar surface area (TPSA) is 0 Å². The molecule has 2 saturated carbocycles. The molecule has 0 N–H and O–H groups in total. The second-order valence-corrected chi connectivity index (χ2v) is 12.5. The van der Waals surface area contributed by atoms with Crippen molar-refractivity contribution in [1.29, 1.82) is 0 Å². The lowest BCUT2D eigenvalue weighted by molar-refractivity contribution is 0.422. The van der Waals surface area contributed by atoms with Gasteiger partial charge < -0.3 is 0 Å². The highest BCUT2D eigenvalue weighted by atomic mass is 127. The van der Waals surface area contributed by atoms with Crippen molar-refractivity contribution in [1.82, 2.24) is 0 Å². The molecule has 0 aromatic heterocycles. The zero-order chi connectivity index (χ0) is 20.2. The zero-order valence-corrected chi connectivity index (χ0v) is 21.2. The second kappa shape index (κ2) is 9.84. The van der Waals surface area contributed by atoms with E-state index in [1.165, 1.54) is 96.3 Å². The van der Waals surface area contributed by atoms with Gasteiger partial charge >= 0.3 is 0 Å². The van der Waals surface area contributed by atoms with Gasteiger partial charge in [0.1, 0.15) is 0 Å². The summed E-state index contributed by atoms with van der Waals surface area (Å²) in [6.45, 7) is 9.44. The average molecular weight is 495 g/mol. The first-order chi connectivity index (χ1) is 13.4. The Morgan fingerprint density at radius 1 is 0.714 bits per heavy atom. The van der Waals surface area contributed by atoms with E-state index in [1.807, 2.05) is 0 Å². The second-order valence-electron chi connectivity index (χ2n) is 10.2. The standard InChI is InChI=1S/C27H43I/c1-5-26(16-17-26)14-10-6-8-12-24-20-25(23(4)21(2)22(24)3)13-9-7-11-15-27(28)18-19-27/h20H,5-19H2,1-4H3. The molecule has 2 aliphatic rings. The molecule has 0 saturated heterocycles. The molecule has 0 spiro atoms. The number of benzene rings is 1. The van der Waals surface area contributed by atoms with Crippen LogP contribution in [0, 0.1) is 26.2 Å². The van der Waals surface area contributed by atoms with Gasteiger partial charge in [0.2, 0.25) is 0 Å². The van der Waals surface area contributed by atoms with E-state index < -0.39 is 0 Å². The van der Waals surface area contributed by atoms with Crippen LogP contribution in [0.4, 0.5) is 0 Å². The van der Waals surface area contributed by atoms with E-state index in [0.29, 0.717) is 3.42 Å². The molecule has 0 radical (unpaired) electrons. The number of hydrogen-bond donors (Lipinski definition) is 0. The Hall–Kier alpha value is -0.0500. The zero-order valence-electron chi connectivity index (χ0n) is 19.1. The van der Waals surface area contributed by atoms with Crippen molar-refractivity contribution in [2.75, 3.05) is 0 Å². The Labute approximate surface area is 188 Å². The van der Waals surface area contributed by atoms with E-state index in [1.54, 1.807) is 27.8 Å². The van der Waals surface area contributed by atoms with Crippen molar-refractivity contribution >= 4 is 22.6 Å². The van der Waals surface area contributed by atoms with Crippen LogP contribution in [0.15, 0.2) is 6.07 Å². The van der Waals surface area contributed by atoms with Crippen LogP contribution in [0.2, 0.25) is 0 Å². The molecule has 0 aliphatic heterocycles. The van der Waals surface area contributed by atoms with Crippen LogP contribution in [0.3, 0.4) is 0 Å². The highest BCUT2D eigenvalue weighted by Crippen LogP contribution is 2.52. The van der Waals surface area contributed by atoms with Crippen molar-refractivity contribution in [2.45, 2.75) is 127 Å². The summed E-state index contributed by atoms with van der Waals surface area (Å²) in [5.41, 5.74) is 8.73. The number of alkyl halides is 1. The number of rotatable bonds is 13. The van der Waals surface area contributed by atoms with Crippen LogP contribution in [0.25, 0.3) is 0 Å². The van der Waals surface area contributed by atoms with Crippen LogP contribution in [-0.2, 0) is 12.8 Å². The van der Waals surface area contributed by atoms with Gasteiger partial charge in [0.05, 0.1) is 0 Å². The average Bonchev–Trinajstić information content (AvgIpc) is 3.61. The predicted octanol–water partition coefficient (Wildman–Crippen LogP) is 8.98. The van der Waals surface area contributed by atoms with Crippen molar-refractivity contribution in [3.05, 3.63) is 33.9 Å². The third-order valence-corrected chi connectivity index (χ3v) is 9.78. The Morgan fingerprint density at radius 2 is 1.25 bits per heavy atom. The molecule has 1 heteroatoms. The monoisotopic (exact) mass is 494 g/mol. The molecule has 2 aliphatic carbocycles. The van der Waals surface area contributed by atoms with Crippen LogP contribution in [0.5, 0.6) is 0 Å². The molecule has 0 bridgehead atoms. The quantitative estimate of drug-likeness (QED) is 0.146. The molecular weight excluding hydrogens is 451 g/mol. The Morgan fingerprint density at radius 3 is 1.71 bits per heavy atom. The summed E-state index contributed by atoms with van der Waals surface area (Å²) >= 11 is 2.70. The molecule has 28 heavy (non-hydrogen) atoms. The van der Waals surface area contributed by atoms with Gasteiger partial charge in [0.15, 0.2) is 0 Å². The summed E-state index contributed by atoms with van der Waals surface area (Å²) in [4.78, 5) is 0. The maximum Gasteiger partial charge on any atom is 0.0223 e. The normalized spacial score (nSPS) is 19.0. The fourth-order valence-electron chi connectivity index (χ4n) is 4.98. The van der Waals surface area contributed by atoms with Crippen molar-refractivity contribution in [3.63, 3.8) is 0 Å². The number of halogens is 1. The molecule has 3 rings (SSSR count). The van der Waals surface area contributed by atoms with E-state index >= 15 is 0 Å². The minimum absolute atomic E-state index is 0.706. The largest absolute Gasteiger partial charge is 0.0789 e. The third-order valence-electron chi connectivity index (χ3n) is 8.16. The summed E-state index contributed by atoms with van der Waals surface area (Å²) in [5, 5.41) is 0. The van der Waals surface area contributed by atoms with Crippen LogP contribution >= 0.6 is 22.6 Å². The number of unbranched alkanes of at least 4 members (excludes halogenated alkanes) is 4. The lowest BCUT2D eigenvalue weighted by Gasteiger charge is -2.17. The molecule has 0 unspecified atom stereocenters. The van der Waals surface area contributed by atoms with Gasteiger partial charge in [-0.25, -0.2) is 0 Å². The molecule has 158 valence electrons. The molecule has 2 fully saturated rings. The van der Waals surface area contributed by atoms with E-state index in [0.717, 1.165) is 5.41 Å². The molecule has 1 aromatic carbocycles. The molecule has 0 nitrogen and oxygen atoms in total. The molecule has 0 heterocycles. The minimum Gasteiger partial charge on any atom is -0.0789 e. The number of aryl methyl sites for hydroxylation is 2. The summed E-state index contributed by atoms with van der Waals surface area (Å²) < 4.78 is 0.706. The molecule has 1 aromatic rings. The van der Waals surface area contributed by atoms with E-state index in [-0.39, 0.29) is 0 Å². The summed E-state index contributed by atoms with van der Waals surface area (Å²) in [6, 6.07) is 2.58. The fraction of sp³-hybridized carbons (Fsp3) is 0.778. The first-order valence-corrected chi connectivity index (χ1v) is 13.2. The van der Waals surface area contributed by atoms with Gasteiger partial charge in [-0.05, 0) is 118 Å². The lowest BCUT2D eigenvalue weighted by atomic mass is 9.89. The molecule has 0 atom stereocenters. The van der Waals surface area contributed by atoms with Gasteiger partial charge in [-0.2, -0.15) is 0 Å². The smallest absolute Gasteiger partial charge is 0.0223 e. The lowest BCUT2D eigenvalue weighted by Crippen LogP contribution is -2.02. The summed E-state index contributed by atoms with van der Waals surface area (Å²) in [6.07, 6.45) is 21.3. The summed E-state index contributed by atoms with van der Waals surface area (Å²) in [5.74, 6) is 0. The third kappa shape index (κ3) is 6.22. The van der Waals surface area contributed by atoms with Gasteiger partial charge in [-0.3, -0.25) is 0 Å². The Bertz CT molecular complexity index is 649. The van der Waals surface area contributed by atoms with Crippen LogP contribution in [-0.4, -0.2) is 3.42 Å². The van der Waals surface area contributed by atoms with Gasteiger partial charge in [0.25, 0.3) is 0 Å². The Kier molecular flexibility index (Phi) is 7.95. The van der Waals surface area contributed by atoms with E-state index in [9.17, 15) is 0 Å². The highest BCUT2D eigenvalue weighted by molar-refractivity contribution is 14.1. The summed E-state index contributed by atoms with van der Waals surface area (Å²) in [7, 11) is 0. The van der Waals surface area contributed by atoms with Crippen molar-refractivity contribution < 1.29 is 0 Å². The maximum absolute atomic E-state index is 2.70. The number of hydrogen-bond acceptors (Lipinski definition) is 0. The van der Waals surface area contributed by atoms with Gasteiger partial charge in [-0.1, -0.05) is 67.7 Å². The molecule has 0 amide bonds. The SMILES string of the molecule is CCC1(CCCCCc2cc(CCCCCC3(I)CC3)c(C)c(C)c2C)CC1. The molecular formula is C27H43I. The van der Waals surface area contributed by atoms with Crippen molar-refractivity contribution in [3.8, 4) is 0 Å². The minimum atomic E-state index is 0.706. The van der Waals surface area contributed by atoms with E-state index in [4.69, 9.17) is 0 Å². The van der Waals surface area contributed by atoms with Crippen LogP contribution < -0.4 is 0 Å².